The summed E-state index contributed by atoms with van der Waals surface area (Å²) in [4.78, 5) is 14.8. The number of hydrogen-bond donors (Lipinski definition) is 1. The summed E-state index contributed by atoms with van der Waals surface area (Å²) in [5, 5.41) is 2.83. The number of rotatable bonds is 7. The number of benzene rings is 2. The second-order valence-corrected chi connectivity index (χ2v) is 9.39. The van der Waals surface area contributed by atoms with E-state index in [-0.39, 0.29) is 5.91 Å². The molecular formula is C23H25N3O4S. The van der Waals surface area contributed by atoms with E-state index in [4.69, 9.17) is 4.42 Å². The lowest BCUT2D eigenvalue weighted by atomic mass is 10.1. The summed E-state index contributed by atoms with van der Waals surface area (Å²) in [6.45, 7) is 3.32. The largest absolute Gasteiger partial charge is 0.467 e. The maximum atomic E-state index is 12.7. The molecule has 8 heteroatoms. The van der Waals surface area contributed by atoms with Gasteiger partial charge in [0.1, 0.15) is 5.76 Å². The van der Waals surface area contributed by atoms with Gasteiger partial charge in [0.05, 0.1) is 17.7 Å². The van der Waals surface area contributed by atoms with Crippen LogP contribution in [0.15, 0.2) is 82.3 Å². The Kier molecular flexibility index (Phi) is 6.50. The van der Waals surface area contributed by atoms with Crippen LogP contribution in [0.3, 0.4) is 0 Å². The van der Waals surface area contributed by atoms with Crippen molar-refractivity contribution in [2.45, 2.75) is 18.0 Å². The van der Waals surface area contributed by atoms with Gasteiger partial charge < -0.3 is 9.73 Å². The number of sulfonamides is 1. The van der Waals surface area contributed by atoms with E-state index in [1.54, 1.807) is 40.9 Å². The van der Waals surface area contributed by atoms with E-state index >= 15 is 0 Å². The Labute approximate surface area is 182 Å². The quantitative estimate of drug-likeness (QED) is 0.612. The Morgan fingerprint density at radius 1 is 0.903 bits per heavy atom. The van der Waals surface area contributed by atoms with Gasteiger partial charge in [-0.15, -0.1) is 0 Å². The van der Waals surface area contributed by atoms with Crippen molar-refractivity contribution in [1.29, 1.82) is 0 Å². The molecule has 2 aromatic carbocycles. The summed E-state index contributed by atoms with van der Waals surface area (Å²) < 4.78 is 32.3. The van der Waals surface area contributed by atoms with Crippen LogP contribution in [0.5, 0.6) is 0 Å². The Hall–Kier alpha value is -2.94. The molecule has 2 heterocycles. The first-order valence-corrected chi connectivity index (χ1v) is 11.6. The number of furan rings is 1. The molecule has 1 aromatic heterocycles. The Balaban J connectivity index is 1.28. The van der Waals surface area contributed by atoms with E-state index in [0.717, 1.165) is 5.56 Å². The lowest BCUT2D eigenvalue weighted by molar-refractivity contribution is 0.0948. The first kappa shape index (κ1) is 21.3. The van der Waals surface area contributed by atoms with Gasteiger partial charge in [-0.2, -0.15) is 4.31 Å². The Morgan fingerprint density at radius 2 is 1.61 bits per heavy atom. The zero-order valence-corrected chi connectivity index (χ0v) is 17.9. The van der Waals surface area contributed by atoms with Crippen molar-refractivity contribution >= 4 is 15.9 Å². The van der Waals surface area contributed by atoms with Gasteiger partial charge in [0.15, 0.2) is 0 Å². The molecule has 31 heavy (non-hydrogen) atoms. The van der Waals surface area contributed by atoms with Gasteiger partial charge in [0.25, 0.3) is 5.91 Å². The second-order valence-electron chi connectivity index (χ2n) is 7.45. The molecule has 0 aliphatic carbocycles. The molecule has 1 aliphatic heterocycles. The molecule has 0 bridgehead atoms. The van der Waals surface area contributed by atoms with Crippen LogP contribution in [0.2, 0.25) is 0 Å². The molecule has 1 aliphatic rings. The third-order valence-electron chi connectivity index (χ3n) is 5.34. The van der Waals surface area contributed by atoms with Crippen LogP contribution in [0.4, 0.5) is 0 Å². The lowest BCUT2D eigenvalue weighted by Crippen LogP contribution is -2.48. The van der Waals surface area contributed by atoms with E-state index in [0.29, 0.717) is 55.5 Å². The van der Waals surface area contributed by atoms with E-state index in [1.807, 2.05) is 36.4 Å². The average Bonchev–Trinajstić information content (AvgIpc) is 3.33. The van der Waals surface area contributed by atoms with Crippen molar-refractivity contribution in [2.75, 3.05) is 26.2 Å². The number of carbonyl (C=O) groups is 1. The number of nitrogens with one attached hydrogen (secondary N) is 1. The van der Waals surface area contributed by atoms with Crippen LogP contribution in [0, 0.1) is 0 Å². The molecule has 162 valence electrons. The van der Waals surface area contributed by atoms with Gasteiger partial charge in [-0.3, -0.25) is 9.69 Å². The minimum Gasteiger partial charge on any atom is -0.467 e. The Bertz CT molecular complexity index is 1090. The molecule has 0 unspecified atom stereocenters. The fourth-order valence-electron chi connectivity index (χ4n) is 3.57. The smallest absolute Gasteiger partial charge is 0.251 e. The van der Waals surface area contributed by atoms with Crippen LogP contribution in [0.1, 0.15) is 21.7 Å². The van der Waals surface area contributed by atoms with Gasteiger partial charge in [0.2, 0.25) is 10.0 Å². The third-order valence-corrected chi connectivity index (χ3v) is 7.25. The van der Waals surface area contributed by atoms with Crippen molar-refractivity contribution < 1.29 is 17.6 Å². The minimum absolute atomic E-state index is 0.150. The molecule has 1 amide bonds. The molecule has 3 aromatic rings. The molecule has 1 fully saturated rings. The van der Waals surface area contributed by atoms with E-state index in [1.165, 1.54) is 0 Å². The van der Waals surface area contributed by atoms with E-state index in [9.17, 15) is 13.2 Å². The predicted molar refractivity (Wildman–Crippen MR) is 117 cm³/mol. The zero-order chi connectivity index (χ0) is 21.7. The van der Waals surface area contributed by atoms with Gasteiger partial charge in [-0.1, -0.05) is 30.3 Å². The van der Waals surface area contributed by atoms with Crippen molar-refractivity contribution in [1.82, 2.24) is 14.5 Å². The van der Waals surface area contributed by atoms with Crippen LogP contribution < -0.4 is 5.32 Å². The van der Waals surface area contributed by atoms with Crippen molar-refractivity contribution in [2.24, 2.45) is 0 Å². The molecular weight excluding hydrogens is 414 g/mol. The van der Waals surface area contributed by atoms with Crippen LogP contribution >= 0.6 is 0 Å². The second kappa shape index (κ2) is 9.47. The molecule has 0 atom stereocenters. The lowest BCUT2D eigenvalue weighted by Gasteiger charge is -2.34. The van der Waals surface area contributed by atoms with Crippen molar-refractivity contribution in [3.05, 3.63) is 89.9 Å². The van der Waals surface area contributed by atoms with Crippen LogP contribution in [0.25, 0.3) is 0 Å². The highest BCUT2D eigenvalue weighted by Gasteiger charge is 2.28. The Morgan fingerprint density at radius 3 is 2.26 bits per heavy atom. The van der Waals surface area contributed by atoms with Crippen LogP contribution in [-0.2, 0) is 23.1 Å². The maximum absolute atomic E-state index is 12.7. The van der Waals surface area contributed by atoms with Crippen molar-refractivity contribution in [3.63, 3.8) is 0 Å². The van der Waals surface area contributed by atoms with Gasteiger partial charge in [-0.25, -0.2) is 8.42 Å². The topological polar surface area (TPSA) is 82.9 Å². The fourth-order valence-corrected chi connectivity index (χ4v) is 5.02. The molecule has 0 spiro atoms. The average molecular weight is 440 g/mol. The molecule has 7 nitrogen and oxygen atoms in total. The first-order valence-electron chi connectivity index (χ1n) is 10.2. The number of amides is 1. The molecule has 1 saturated heterocycles. The summed E-state index contributed by atoms with van der Waals surface area (Å²) in [5.74, 6) is 0.557. The van der Waals surface area contributed by atoms with E-state index in [2.05, 4.69) is 10.2 Å². The molecule has 0 saturated carbocycles. The highest BCUT2D eigenvalue weighted by atomic mass is 32.2. The maximum Gasteiger partial charge on any atom is 0.251 e. The number of hydrogen-bond acceptors (Lipinski definition) is 5. The summed E-state index contributed by atoms with van der Waals surface area (Å²) in [6.07, 6.45) is 1.58. The summed E-state index contributed by atoms with van der Waals surface area (Å²) in [6, 6.07) is 19.7. The number of piperazine rings is 1. The monoisotopic (exact) mass is 439 g/mol. The fraction of sp³-hybridized carbons (Fsp3) is 0.261. The SMILES string of the molecule is O=C(NCc1ccco1)c1ccc(CN2CCN(S(=O)(=O)c3ccccc3)CC2)cc1. The summed E-state index contributed by atoms with van der Waals surface area (Å²) in [7, 11) is -3.44. The summed E-state index contributed by atoms with van der Waals surface area (Å²) >= 11 is 0. The standard InChI is InChI=1S/C23H25N3O4S/c27-23(24-17-21-5-4-16-30-21)20-10-8-19(9-11-20)18-25-12-14-26(15-13-25)31(28,29)22-6-2-1-3-7-22/h1-11,16H,12-15,17-18H2,(H,24,27). The van der Waals surface area contributed by atoms with Gasteiger partial charge in [-0.05, 0) is 42.0 Å². The molecule has 1 N–H and O–H groups in total. The molecule has 4 rings (SSSR count). The highest BCUT2D eigenvalue weighted by Crippen LogP contribution is 2.18. The van der Waals surface area contributed by atoms with Gasteiger partial charge in [0, 0.05) is 38.3 Å². The van der Waals surface area contributed by atoms with Crippen LogP contribution in [-0.4, -0.2) is 49.7 Å². The molecule has 0 radical (unpaired) electrons. The highest BCUT2D eigenvalue weighted by molar-refractivity contribution is 7.89. The van der Waals surface area contributed by atoms with Crippen molar-refractivity contribution in [3.8, 4) is 0 Å². The number of nitrogens with zero attached hydrogens (tertiary/aromatic N) is 2. The normalized spacial score (nSPS) is 15.6. The predicted octanol–water partition coefficient (Wildman–Crippen LogP) is 2.72. The first-order chi connectivity index (χ1) is 15.0. The van der Waals surface area contributed by atoms with Gasteiger partial charge >= 0.3 is 0 Å². The zero-order valence-electron chi connectivity index (χ0n) is 17.1. The van der Waals surface area contributed by atoms with E-state index < -0.39 is 10.0 Å². The minimum atomic E-state index is -3.44. The number of carbonyl (C=O) groups excluding carboxylic acids is 1. The third kappa shape index (κ3) is 5.22. The summed E-state index contributed by atoms with van der Waals surface area (Å²) in [5.41, 5.74) is 1.68.